The molecule has 4 aromatic carbocycles. The minimum atomic E-state index is 0.407. The van der Waals surface area contributed by atoms with Crippen molar-refractivity contribution < 1.29 is 37.9 Å². The van der Waals surface area contributed by atoms with Gasteiger partial charge in [0.05, 0.1) is 58.4 Å². The molecule has 0 aliphatic carbocycles. The van der Waals surface area contributed by atoms with Gasteiger partial charge in [-0.3, -0.25) is 0 Å². The fourth-order valence-corrected chi connectivity index (χ4v) is 11.0. The minimum absolute atomic E-state index is 0.407. The predicted octanol–water partition coefficient (Wildman–Crippen LogP) is 19.4. The molecule has 0 saturated heterocycles. The molecule has 0 fully saturated rings. The van der Waals surface area contributed by atoms with E-state index in [1.807, 2.05) is 48.5 Å². The number of benzene rings is 4. The molecular formula is C72H98N8O8. The number of rotatable bonds is 40. The zero-order valence-electron chi connectivity index (χ0n) is 54.2. The summed E-state index contributed by atoms with van der Waals surface area (Å²) >= 11 is 0. The Morgan fingerprint density at radius 1 is 0.261 bits per heavy atom. The van der Waals surface area contributed by atoms with Crippen molar-refractivity contribution in [3.05, 3.63) is 48.5 Å². The molecule has 16 nitrogen and oxygen atoms in total. The number of aromatic nitrogens is 8. The third kappa shape index (κ3) is 16.5. The van der Waals surface area contributed by atoms with E-state index in [9.17, 15) is 0 Å². The quantitative estimate of drug-likeness (QED) is 0.0346. The van der Waals surface area contributed by atoms with Crippen LogP contribution in [0.5, 0.6) is 46.0 Å². The average molecular weight is 1200 g/mol. The summed E-state index contributed by atoms with van der Waals surface area (Å²) in [4.78, 5) is 40.3. The van der Waals surface area contributed by atoms with Crippen molar-refractivity contribution in [3.8, 4) is 91.5 Å². The van der Waals surface area contributed by atoms with Crippen molar-refractivity contribution in [2.45, 2.75) is 209 Å². The van der Waals surface area contributed by atoms with E-state index in [2.05, 4.69) is 65.4 Å². The Kier molecular flexibility index (Phi) is 25.0. The standard InChI is InChI=1S/C72H98N8O8/c1-9-17-25-35-81-56-34-33-49-63(64(56)88-42-32-24-16-8)72-79-65(49)73-66-50-43-57(82-36-26-18-10-2)58(83-37-27-19-11-3)44-51(50)67(74-66)75-68-52-45-59(84-38-28-20-12-4)60(85-39-29-21-13-5)46-53(52)69(76-68)77-70-54-47-61(86-40-30-22-14-6)62(87-41-31-23-15-7)48-55(54)71(78-70)80-72/h33-34,43-48H,9-32,35-42H2,1-8H3,(H2,73,74,75,76,77,78,79,80). The van der Waals surface area contributed by atoms with Gasteiger partial charge in [-0.15, -0.1) is 0 Å². The highest BCUT2D eigenvalue weighted by molar-refractivity contribution is 6.08. The molecule has 0 saturated carbocycles. The maximum Gasteiger partial charge on any atom is 0.172 e. The molecule has 88 heavy (non-hydrogen) atoms. The molecule has 3 aromatic heterocycles. The van der Waals surface area contributed by atoms with Crippen LogP contribution in [0.2, 0.25) is 0 Å². The topological polar surface area (TPSA) is 183 Å². The van der Waals surface area contributed by atoms with Crippen LogP contribution in [0.15, 0.2) is 48.5 Å². The number of nitrogens with one attached hydrogen (secondary N) is 2. The first kappa shape index (κ1) is 65.1. The number of fused-ring (bicyclic) bond motifs is 20. The number of aromatic amines is 2. The summed E-state index contributed by atoms with van der Waals surface area (Å²) in [5.41, 5.74) is 5.03. The lowest BCUT2D eigenvalue weighted by molar-refractivity contribution is 0.260. The second kappa shape index (κ2) is 33.8. The molecule has 0 radical (unpaired) electrons. The molecule has 9 rings (SSSR count). The van der Waals surface area contributed by atoms with Crippen LogP contribution in [0.3, 0.4) is 0 Å². The van der Waals surface area contributed by atoms with Crippen LogP contribution in [-0.4, -0.2) is 92.7 Å². The van der Waals surface area contributed by atoms with Crippen LogP contribution in [-0.2, 0) is 0 Å². The Labute approximate surface area is 522 Å². The largest absolute Gasteiger partial charge is 0.490 e. The van der Waals surface area contributed by atoms with Crippen molar-refractivity contribution in [1.29, 1.82) is 0 Å². The second-order valence-electron chi connectivity index (χ2n) is 23.4. The Balaban J connectivity index is 1.40. The molecule has 2 aliphatic heterocycles. The van der Waals surface area contributed by atoms with Crippen LogP contribution in [0.4, 0.5) is 0 Å². The van der Waals surface area contributed by atoms with Gasteiger partial charge in [0.25, 0.3) is 0 Å². The number of hydrogen-bond acceptors (Lipinski definition) is 14. The highest BCUT2D eigenvalue weighted by Crippen LogP contribution is 2.48. The first-order valence-corrected chi connectivity index (χ1v) is 33.9. The van der Waals surface area contributed by atoms with Gasteiger partial charge in [-0.2, -0.15) is 0 Å². The van der Waals surface area contributed by atoms with E-state index in [1.165, 1.54) is 0 Å². The minimum Gasteiger partial charge on any atom is -0.490 e. The molecule has 2 aliphatic rings. The Hall–Kier alpha value is -7.36. The first-order valence-electron chi connectivity index (χ1n) is 33.9. The van der Waals surface area contributed by atoms with Gasteiger partial charge in [0.1, 0.15) is 22.6 Å². The van der Waals surface area contributed by atoms with E-state index in [-0.39, 0.29) is 0 Å². The monoisotopic (exact) mass is 1200 g/mol. The SMILES string of the molecule is CCCCCOc1cc2c(cc1OCCCCC)-c1nc-2nc2[nH]c(nc3nc(nc4[nH]c(n1)c1cc(OCCCCC)c(OCCCCC)cc41)-c1c-3ccc(OCCCCC)c1OCCCCC)c1cc(OCCCCC)c(OCCCCC)cc21. The van der Waals surface area contributed by atoms with Crippen molar-refractivity contribution in [3.63, 3.8) is 0 Å². The average Bonchev–Trinajstić information content (AvgIpc) is 1.90. The van der Waals surface area contributed by atoms with Gasteiger partial charge in [-0.05, 0) is 99.9 Å². The maximum absolute atomic E-state index is 6.90. The summed E-state index contributed by atoms with van der Waals surface area (Å²) in [6.07, 6.45) is 24.2. The molecular weight excluding hydrogens is 1100 g/mol. The van der Waals surface area contributed by atoms with Crippen molar-refractivity contribution in [2.24, 2.45) is 0 Å². The third-order valence-corrected chi connectivity index (χ3v) is 16.1. The van der Waals surface area contributed by atoms with Crippen LogP contribution in [0.1, 0.15) is 209 Å². The van der Waals surface area contributed by atoms with E-state index in [0.717, 1.165) is 192 Å². The Bertz CT molecular complexity index is 3470. The number of unbranched alkanes of at least 4 members (excludes halogenated alkanes) is 16. The fourth-order valence-electron chi connectivity index (χ4n) is 11.0. The van der Waals surface area contributed by atoms with Crippen molar-refractivity contribution in [2.75, 3.05) is 52.9 Å². The van der Waals surface area contributed by atoms with E-state index in [0.29, 0.717) is 150 Å². The summed E-state index contributed by atoms with van der Waals surface area (Å²) in [6, 6.07) is 16.2. The molecule has 7 aromatic rings. The van der Waals surface area contributed by atoms with Gasteiger partial charge in [-0.25, -0.2) is 29.9 Å². The zero-order chi connectivity index (χ0) is 61.5. The van der Waals surface area contributed by atoms with Crippen LogP contribution in [0, 0.1) is 0 Å². The van der Waals surface area contributed by atoms with E-state index < -0.39 is 0 Å². The number of H-pyrrole nitrogens is 2. The lowest BCUT2D eigenvalue weighted by Gasteiger charge is -2.16. The van der Waals surface area contributed by atoms with Gasteiger partial charge in [0.15, 0.2) is 69.3 Å². The lowest BCUT2D eigenvalue weighted by atomic mass is 10.1. The molecule has 0 atom stereocenters. The number of ether oxygens (including phenoxy) is 8. The lowest BCUT2D eigenvalue weighted by Crippen LogP contribution is -2.04. The van der Waals surface area contributed by atoms with E-state index in [1.54, 1.807) is 0 Å². The Morgan fingerprint density at radius 3 is 0.841 bits per heavy atom. The molecule has 0 spiro atoms. The Morgan fingerprint density at radius 2 is 0.523 bits per heavy atom. The zero-order valence-corrected chi connectivity index (χ0v) is 54.2. The molecule has 0 amide bonds. The van der Waals surface area contributed by atoms with Crippen LogP contribution < -0.4 is 37.9 Å². The van der Waals surface area contributed by atoms with Crippen molar-refractivity contribution >= 4 is 44.1 Å². The van der Waals surface area contributed by atoms with Gasteiger partial charge >= 0.3 is 0 Å². The third-order valence-electron chi connectivity index (χ3n) is 16.1. The molecule has 16 heteroatoms. The predicted molar refractivity (Wildman–Crippen MR) is 356 cm³/mol. The van der Waals surface area contributed by atoms with Gasteiger partial charge < -0.3 is 47.9 Å². The summed E-state index contributed by atoms with van der Waals surface area (Å²) < 4.78 is 53.5. The van der Waals surface area contributed by atoms with Crippen LogP contribution in [0.25, 0.3) is 89.7 Å². The van der Waals surface area contributed by atoms with E-state index in [4.69, 9.17) is 67.8 Å². The van der Waals surface area contributed by atoms with Gasteiger partial charge in [-0.1, -0.05) is 158 Å². The van der Waals surface area contributed by atoms with Crippen molar-refractivity contribution in [1.82, 2.24) is 39.9 Å². The summed E-state index contributed by atoms with van der Waals surface area (Å²) in [6.45, 7) is 21.9. The summed E-state index contributed by atoms with van der Waals surface area (Å²) in [5, 5.41) is 3.09. The summed E-state index contributed by atoms with van der Waals surface area (Å²) in [5.74, 6) is 6.77. The molecule has 8 bridgehead atoms. The van der Waals surface area contributed by atoms with Gasteiger partial charge in [0.2, 0.25) is 0 Å². The summed E-state index contributed by atoms with van der Waals surface area (Å²) in [7, 11) is 0. The number of nitrogens with zero attached hydrogens (tertiary/aromatic N) is 6. The molecule has 5 heterocycles. The van der Waals surface area contributed by atoms with Crippen LogP contribution >= 0.6 is 0 Å². The molecule has 474 valence electrons. The fraction of sp³-hybridized carbons (Fsp3) is 0.556. The first-order chi connectivity index (χ1) is 43.3. The highest BCUT2D eigenvalue weighted by atomic mass is 16.5. The second-order valence-corrected chi connectivity index (χ2v) is 23.4. The molecule has 2 N–H and O–H groups in total. The smallest absolute Gasteiger partial charge is 0.172 e. The molecule has 0 unspecified atom stereocenters. The van der Waals surface area contributed by atoms with Gasteiger partial charge in [0, 0.05) is 38.2 Å². The maximum atomic E-state index is 6.90. The van der Waals surface area contributed by atoms with E-state index >= 15 is 0 Å². The highest BCUT2D eigenvalue weighted by Gasteiger charge is 2.30. The normalized spacial score (nSPS) is 11.7. The number of hydrogen-bond donors (Lipinski definition) is 2.